The standard InChI is InChI=1S/C20H20N4O4S/c1-14-2-4-15(5-3-14)10-23-11-17(12-25)22-20(23)29-13-19(26)21-16-6-8-18(9-7-16)24(27)28/h2-9,11,25H,10,12-13H2,1H3,(H,21,26). The van der Waals surface area contributed by atoms with Gasteiger partial charge in [0.15, 0.2) is 5.16 Å². The number of aryl methyl sites for hydroxylation is 1. The molecule has 0 unspecified atom stereocenters. The van der Waals surface area contributed by atoms with E-state index in [-0.39, 0.29) is 24.0 Å². The van der Waals surface area contributed by atoms with E-state index < -0.39 is 4.92 Å². The first kappa shape index (κ1) is 20.6. The number of benzene rings is 2. The van der Waals surface area contributed by atoms with E-state index in [1.54, 1.807) is 6.20 Å². The second-order valence-electron chi connectivity index (χ2n) is 6.43. The minimum Gasteiger partial charge on any atom is -0.390 e. The Morgan fingerprint density at radius 1 is 1.21 bits per heavy atom. The molecule has 0 aliphatic carbocycles. The number of aliphatic hydroxyl groups is 1. The van der Waals surface area contributed by atoms with Crippen molar-refractivity contribution in [3.8, 4) is 0 Å². The molecule has 1 heterocycles. The monoisotopic (exact) mass is 412 g/mol. The summed E-state index contributed by atoms with van der Waals surface area (Å²) in [5.74, 6) is -0.133. The van der Waals surface area contributed by atoms with Crippen molar-refractivity contribution in [2.45, 2.75) is 25.2 Å². The zero-order valence-corrected chi connectivity index (χ0v) is 16.6. The quantitative estimate of drug-likeness (QED) is 0.333. The van der Waals surface area contributed by atoms with Crippen LogP contribution in [-0.2, 0) is 17.9 Å². The molecule has 3 aromatic rings. The number of nitro benzene ring substituents is 1. The molecule has 0 saturated heterocycles. The van der Waals surface area contributed by atoms with Crippen molar-refractivity contribution < 1.29 is 14.8 Å². The van der Waals surface area contributed by atoms with E-state index in [0.29, 0.717) is 23.1 Å². The number of rotatable bonds is 8. The van der Waals surface area contributed by atoms with Gasteiger partial charge in [0.05, 0.1) is 23.0 Å². The number of hydrogen-bond acceptors (Lipinski definition) is 6. The maximum Gasteiger partial charge on any atom is 0.269 e. The van der Waals surface area contributed by atoms with Gasteiger partial charge in [-0.3, -0.25) is 14.9 Å². The molecule has 1 aromatic heterocycles. The Bertz CT molecular complexity index is 1000. The van der Waals surface area contributed by atoms with E-state index in [1.165, 1.54) is 41.6 Å². The van der Waals surface area contributed by atoms with Crippen LogP contribution in [0, 0.1) is 17.0 Å². The van der Waals surface area contributed by atoms with Gasteiger partial charge in [-0.05, 0) is 24.6 Å². The topological polar surface area (TPSA) is 110 Å². The van der Waals surface area contributed by atoms with Crippen molar-refractivity contribution in [2.75, 3.05) is 11.1 Å². The third kappa shape index (κ3) is 5.66. The first-order valence-electron chi connectivity index (χ1n) is 8.84. The largest absolute Gasteiger partial charge is 0.390 e. The predicted octanol–water partition coefficient (Wildman–Crippen LogP) is 3.37. The highest BCUT2D eigenvalue weighted by Crippen LogP contribution is 2.21. The third-order valence-electron chi connectivity index (χ3n) is 4.12. The van der Waals surface area contributed by atoms with Crippen LogP contribution >= 0.6 is 11.8 Å². The van der Waals surface area contributed by atoms with Crippen molar-refractivity contribution in [1.82, 2.24) is 9.55 Å². The maximum absolute atomic E-state index is 12.2. The second-order valence-corrected chi connectivity index (χ2v) is 7.37. The number of anilines is 1. The molecule has 3 rings (SSSR count). The summed E-state index contributed by atoms with van der Waals surface area (Å²) in [5.41, 5.74) is 3.25. The van der Waals surface area contributed by atoms with Gasteiger partial charge in [0.2, 0.25) is 5.91 Å². The molecule has 0 bridgehead atoms. The van der Waals surface area contributed by atoms with E-state index in [9.17, 15) is 20.0 Å². The van der Waals surface area contributed by atoms with Gasteiger partial charge in [0, 0.05) is 30.6 Å². The molecule has 29 heavy (non-hydrogen) atoms. The fraction of sp³-hybridized carbons (Fsp3) is 0.200. The molecule has 0 saturated carbocycles. The molecule has 150 valence electrons. The number of nitrogens with one attached hydrogen (secondary N) is 1. The van der Waals surface area contributed by atoms with Gasteiger partial charge in [-0.2, -0.15) is 0 Å². The molecule has 2 N–H and O–H groups in total. The SMILES string of the molecule is Cc1ccc(Cn2cc(CO)nc2SCC(=O)Nc2ccc([N+](=O)[O-])cc2)cc1. The van der Waals surface area contributed by atoms with Gasteiger partial charge < -0.3 is 15.0 Å². The third-order valence-corrected chi connectivity index (χ3v) is 5.11. The van der Waals surface area contributed by atoms with Crippen molar-refractivity contribution in [3.05, 3.63) is 81.7 Å². The fourth-order valence-corrected chi connectivity index (χ4v) is 3.44. The molecule has 9 heteroatoms. The Balaban J connectivity index is 1.63. The van der Waals surface area contributed by atoms with Crippen LogP contribution in [0.25, 0.3) is 0 Å². The lowest BCUT2D eigenvalue weighted by molar-refractivity contribution is -0.384. The summed E-state index contributed by atoms with van der Waals surface area (Å²) in [7, 11) is 0. The highest BCUT2D eigenvalue weighted by atomic mass is 32.2. The Kier molecular flexibility index (Phi) is 6.63. The molecule has 0 aliphatic heterocycles. The highest BCUT2D eigenvalue weighted by molar-refractivity contribution is 7.99. The van der Waals surface area contributed by atoms with E-state index in [2.05, 4.69) is 10.3 Å². The van der Waals surface area contributed by atoms with Gasteiger partial charge in [0.1, 0.15) is 0 Å². The average Bonchev–Trinajstić information content (AvgIpc) is 3.10. The van der Waals surface area contributed by atoms with Crippen LogP contribution in [-0.4, -0.2) is 31.2 Å². The zero-order valence-electron chi connectivity index (χ0n) is 15.7. The Hall–Kier alpha value is -3.17. The molecule has 2 aromatic carbocycles. The van der Waals surface area contributed by atoms with E-state index in [4.69, 9.17) is 0 Å². The van der Waals surface area contributed by atoms with Gasteiger partial charge >= 0.3 is 0 Å². The van der Waals surface area contributed by atoms with Gasteiger partial charge in [0.25, 0.3) is 5.69 Å². The van der Waals surface area contributed by atoms with Crippen LogP contribution in [0.5, 0.6) is 0 Å². The van der Waals surface area contributed by atoms with Crippen LogP contribution in [0.3, 0.4) is 0 Å². The van der Waals surface area contributed by atoms with Gasteiger partial charge in [-0.15, -0.1) is 0 Å². The Morgan fingerprint density at radius 2 is 1.90 bits per heavy atom. The Morgan fingerprint density at radius 3 is 2.52 bits per heavy atom. The van der Waals surface area contributed by atoms with Gasteiger partial charge in [-0.25, -0.2) is 4.98 Å². The van der Waals surface area contributed by atoms with Crippen molar-refractivity contribution >= 4 is 29.0 Å². The number of hydrogen-bond donors (Lipinski definition) is 2. The molecular formula is C20H20N4O4S. The number of nitro groups is 1. The van der Waals surface area contributed by atoms with Crippen LogP contribution in [0.4, 0.5) is 11.4 Å². The van der Waals surface area contributed by atoms with Gasteiger partial charge in [-0.1, -0.05) is 41.6 Å². The summed E-state index contributed by atoms with van der Waals surface area (Å²) in [6.07, 6.45) is 1.77. The lowest BCUT2D eigenvalue weighted by Crippen LogP contribution is -2.14. The van der Waals surface area contributed by atoms with Crippen LogP contribution < -0.4 is 5.32 Å². The fourth-order valence-electron chi connectivity index (χ4n) is 2.64. The maximum atomic E-state index is 12.2. The molecule has 0 radical (unpaired) electrons. The minimum absolute atomic E-state index is 0.0351. The summed E-state index contributed by atoms with van der Waals surface area (Å²) in [4.78, 5) is 26.8. The van der Waals surface area contributed by atoms with E-state index >= 15 is 0 Å². The number of amides is 1. The first-order chi connectivity index (χ1) is 13.9. The highest BCUT2D eigenvalue weighted by Gasteiger charge is 2.12. The number of nitrogens with zero attached hydrogens (tertiary/aromatic N) is 3. The van der Waals surface area contributed by atoms with Crippen molar-refractivity contribution in [1.29, 1.82) is 0 Å². The number of aliphatic hydroxyl groups excluding tert-OH is 1. The number of imidazole rings is 1. The number of non-ortho nitro benzene ring substituents is 1. The Labute approximate surface area is 171 Å². The van der Waals surface area contributed by atoms with Crippen LogP contribution in [0.15, 0.2) is 59.9 Å². The zero-order chi connectivity index (χ0) is 20.8. The van der Waals surface area contributed by atoms with E-state index in [1.807, 2.05) is 35.8 Å². The predicted molar refractivity (Wildman–Crippen MR) is 111 cm³/mol. The normalized spacial score (nSPS) is 10.7. The minimum atomic E-state index is -0.492. The molecule has 0 atom stereocenters. The number of thioether (sulfide) groups is 1. The second kappa shape index (κ2) is 9.35. The summed E-state index contributed by atoms with van der Waals surface area (Å²) >= 11 is 1.26. The van der Waals surface area contributed by atoms with E-state index in [0.717, 1.165) is 5.56 Å². The summed E-state index contributed by atoms with van der Waals surface area (Å²) in [6.45, 7) is 2.43. The van der Waals surface area contributed by atoms with Crippen LogP contribution in [0.2, 0.25) is 0 Å². The first-order valence-corrected chi connectivity index (χ1v) is 9.82. The molecule has 0 spiro atoms. The molecule has 8 nitrogen and oxygen atoms in total. The number of carbonyl (C=O) groups is 1. The smallest absolute Gasteiger partial charge is 0.269 e. The summed E-state index contributed by atoms with van der Waals surface area (Å²) in [6, 6.07) is 13.8. The number of carbonyl (C=O) groups excluding carboxylic acids is 1. The average molecular weight is 412 g/mol. The summed E-state index contributed by atoms with van der Waals surface area (Å²) < 4.78 is 1.90. The molecular weight excluding hydrogens is 392 g/mol. The molecule has 1 amide bonds. The lowest BCUT2D eigenvalue weighted by Gasteiger charge is -2.08. The summed E-state index contributed by atoms with van der Waals surface area (Å²) in [5, 5.41) is 23.4. The lowest BCUT2D eigenvalue weighted by atomic mass is 10.1. The van der Waals surface area contributed by atoms with Crippen molar-refractivity contribution in [2.24, 2.45) is 0 Å². The molecule has 0 fully saturated rings. The van der Waals surface area contributed by atoms with Crippen molar-refractivity contribution in [3.63, 3.8) is 0 Å². The van der Waals surface area contributed by atoms with Crippen LogP contribution in [0.1, 0.15) is 16.8 Å². The molecule has 0 aliphatic rings. The number of aromatic nitrogens is 2.